The number of aromatic nitrogens is 2. The van der Waals surface area contributed by atoms with E-state index in [1.807, 2.05) is 23.9 Å². The number of nitrogens with one attached hydrogen (secondary N) is 1. The Hall–Kier alpha value is -3.30. The van der Waals surface area contributed by atoms with Gasteiger partial charge in [-0.05, 0) is 42.0 Å². The van der Waals surface area contributed by atoms with Crippen LogP contribution in [0, 0.1) is 6.92 Å². The normalized spacial score (nSPS) is 12.0. The van der Waals surface area contributed by atoms with Crippen molar-refractivity contribution in [2.75, 3.05) is 31.6 Å². The minimum absolute atomic E-state index is 0.00698. The molecule has 0 unspecified atom stereocenters. The van der Waals surface area contributed by atoms with Crippen molar-refractivity contribution >= 4 is 29.0 Å². The van der Waals surface area contributed by atoms with E-state index in [2.05, 4.69) is 60.3 Å². The van der Waals surface area contributed by atoms with Crippen LogP contribution in [0.3, 0.4) is 0 Å². The number of aliphatic hydroxyl groups excluding tert-OH is 1. The lowest BCUT2D eigenvalue weighted by Crippen LogP contribution is -2.25. The fourth-order valence-corrected chi connectivity index (χ4v) is 4.83. The fourth-order valence-electron chi connectivity index (χ4n) is 3.89. The second-order valence-corrected chi connectivity index (χ2v) is 11.0. The third-order valence-corrected chi connectivity index (χ3v) is 6.85. The van der Waals surface area contributed by atoms with Crippen molar-refractivity contribution in [1.29, 1.82) is 0 Å². The van der Waals surface area contributed by atoms with Gasteiger partial charge in [-0.1, -0.05) is 45.0 Å². The maximum absolute atomic E-state index is 13.2. The highest BCUT2D eigenvalue weighted by molar-refractivity contribution is 7.07. The molecule has 2 amide bonds. The first-order valence-corrected chi connectivity index (χ1v) is 13.3. The monoisotopic (exact) mass is 523 g/mol. The molecule has 0 fully saturated rings. The van der Waals surface area contributed by atoms with Crippen LogP contribution in [0.1, 0.15) is 55.7 Å². The molecule has 0 aliphatic heterocycles. The van der Waals surface area contributed by atoms with E-state index in [1.54, 1.807) is 17.0 Å². The van der Waals surface area contributed by atoms with Crippen molar-refractivity contribution in [3.63, 3.8) is 0 Å². The third kappa shape index (κ3) is 7.60. The van der Waals surface area contributed by atoms with Gasteiger partial charge in [0, 0.05) is 50.2 Å². The first kappa shape index (κ1) is 28.3. The molecule has 37 heavy (non-hydrogen) atoms. The lowest BCUT2D eigenvalue weighted by molar-refractivity contribution is -0.118. The molecule has 198 valence electrons. The van der Waals surface area contributed by atoms with Gasteiger partial charge in [-0.2, -0.15) is 4.99 Å². The predicted molar refractivity (Wildman–Crippen MR) is 149 cm³/mol. The number of rotatable bonds is 9. The Morgan fingerprint density at radius 2 is 1.89 bits per heavy atom. The number of benzene rings is 1. The second-order valence-electron chi connectivity index (χ2n) is 10.1. The van der Waals surface area contributed by atoms with E-state index in [0.717, 1.165) is 11.3 Å². The number of thiazole rings is 1. The van der Waals surface area contributed by atoms with Crippen LogP contribution in [0.4, 0.5) is 5.82 Å². The van der Waals surface area contributed by atoms with Gasteiger partial charge >= 0.3 is 0 Å². The van der Waals surface area contributed by atoms with Crippen molar-refractivity contribution in [2.24, 2.45) is 4.99 Å². The molecule has 9 heteroatoms. The molecule has 1 aromatic carbocycles. The topological polar surface area (TPSA) is 99.8 Å². The van der Waals surface area contributed by atoms with E-state index in [4.69, 9.17) is 0 Å². The van der Waals surface area contributed by atoms with Crippen molar-refractivity contribution in [3.8, 4) is 11.3 Å². The van der Waals surface area contributed by atoms with E-state index in [9.17, 15) is 14.7 Å². The minimum Gasteiger partial charge on any atom is -0.395 e. The summed E-state index contributed by atoms with van der Waals surface area (Å²) in [6.45, 7) is 11.4. The molecule has 2 aromatic heterocycles. The summed E-state index contributed by atoms with van der Waals surface area (Å²) >= 11 is 1.42. The van der Waals surface area contributed by atoms with Gasteiger partial charge in [0.1, 0.15) is 5.82 Å². The van der Waals surface area contributed by atoms with E-state index >= 15 is 0 Å². The Balaban J connectivity index is 1.99. The van der Waals surface area contributed by atoms with Gasteiger partial charge in [-0.25, -0.2) is 4.98 Å². The fraction of sp³-hybridized carbons (Fsp3) is 0.429. The molecular formula is C28H37N5O3S. The van der Waals surface area contributed by atoms with Crippen LogP contribution in [0.5, 0.6) is 0 Å². The van der Waals surface area contributed by atoms with Crippen molar-refractivity contribution in [1.82, 2.24) is 14.9 Å². The SMILES string of the molecule is CC(=O)NCCCn1c(-c2ccc(C(C)(C)C)cc2)csc1=NC(=O)c1cc(C)nc(N(C)CCO)c1. The van der Waals surface area contributed by atoms with Crippen LogP contribution in [0.2, 0.25) is 0 Å². The first-order valence-electron chi connectivity index (χ1n) is 12.4. The summed E-state index contributed by atoms with van der Waals surface area (Å²) < 4.78 is 2.04. The highest BCUT2D eigenvalue weighted by Gasteiger charge is 2.16. The van der Waals surface area contributed by atoms with Gasteiger partial charge < -0.3 is 19.9 Å². The Morgan fingerprint density at radius 3 is 2.51 bits per heavy atom. The van der Waals surface area contributed by atoms with Crippen LogP contribution in [0.15, 0.2) is 46.8 Å². The van der Waals surface area contributed by atoms with Crippen LogP contribution in [-0.4, -0.2) is 53.2 Å². The maximum atomic E-state index is 13.2. The van der Waals surface area contributed by atoms with E-state index < -0.39 is 0 Å². The van der Waals surface area contributed by atoms with Gasteiger partial charge in [0.2, 0.25) is 5.91 Å². The van der Waals surface area contributed by atoms with Crippen LogP contribution in [-0.2, 0) is 16.8 Å². The van der Waals surface area contributed by atoms with Crippen molar-refractivity contribution in [2.45, 2.75) is 53.0 Å². The number of carbonyl (C=O) groups excluding carboxylic acids is 2. The molecule has 3 aromatic rings. The van der Waals surface area contributed by atoms with Gasteiger partial charge in [0.05, 0.1) is 12.3 Å². The third-order valence-electron chi connectivity index (χ3n) is 5.99. The quantitative estimate of drug-likeness (QED) is 0.414. The Bertz CT molecular complexity index is 1300. The summed E-state index contributed by atoms with van der Waals surface area (Å²) in [5, 5.41) is 14.1. The molecule has 8 nitrogen and oxygen atoms in total. The van der Waals surface area contributed by atoms with Crippen LogP contribution < -0.4 is 15.0 Å². The molecule has 0 atom stereocenters. The number of hydrogen-bond acceptors (Lipinski definition) is 6. The highest BCUT2D eigenvalue weighted by Crippen LogP contribution is 2.26. The first-order chi connectivity index (χ1) is 17.5. The van der Waals surface area contributed by atoms with E-state index in [-0.39, 0.29) is 23.8 Å². The average molecular weight is 524 g/mol. The highest BCUT2D eigenvalue weighted by atomic mass is 32.1. The second kappa shape index (κ2) is 12.3. The largest absolute Gasteiger partial charge is 0.395 e. The Labute approximate surface area is 222 Å². The number of amides is 2. The minimum atomic E-state index is -0.351. The molecule has 0 saturated heterocycles. The zero-order chi connectivity index (χ0) is 27.2. The molecule has 2 N–H and O–H groups in total. The van der Waals surface area contributed by atoms with Gasteiger partial charge in [0.25, 0.3) is 5.91 Å². The van der Waals surface area contributed by atoms with Gasteiger partial charge in [-0.15, -0.1) is 11.3 Å². The van der Waals surface area contributed by atoms with Gasteiger partial charge in [0.15, 0.2) is 4.80 Å². The van der Waals surface area contributed by atoms with E-state index in [1.165, 1.54) is 23.8 Å². The van der Waals surface area contributed by atoms with Crippen LogP contribution >= 0.6 is 11.3 Å². The number of anilines is 1. The molecule has 3 rings (SSSR count). The summed E-state index contributed by atoms with van der Waals surface area (Å²) in [6.07, 6.45) is 0.704. The summed E-state index contributed by atoms with van der Waals surface area (Å²) in [6, 6.07) is 11.9. The Morgan fingerprint density at radius 1 is 1.19 bits per heavy atom. The van der Waals surface area contributed by atoms with Gasteiger partial charge in [-0.3, -0.25) is 9.59 Å². The molecule has 0 bridgehead atoms. The number of carbonyl (C=O) groups is 2. The standard InChI is InChI=1S/C28H37N5O3S/c1-19-16-22(17-25(30-19)32(6)14-15-34)26(36)31-27-33(13-7-12-29-20(2)35)24(18-37-27)21-8-10-23(11-9-21)28(3,4)5/h8-11,16-18,34H,7,12-15H2,1-6H3,(H,29,35). The number of aryl methyl sites for hydroxylation is 1. The number of aliphatic hydroxyl groups is 1. The average Bonchev–Trinajstić information content (AvgIpc) is 3.23. The number of pyridine rings is 1. The molecule has 0 radical (unpaired) electrons. The van der Waals surface area contributed by atoms with E-state index in [0.29, 0.717) is 47.9 Å². The molecule has 0 saturated carbocycles. The number of nitrogens with zero attached hydrogens (tertiary/aromatic N) is 4. The summed E-state index contributed by atoms with van der Waals surface area (Å²) in [7, 11) is 1.82. The Kier molecular flexibility index (Phi) is 9.39. The molecule has 0 aliphatic carbocycles. The lowest BCUT2D eigenvalue weighted by atomic mass is 9.86. The van der Waals surface area contributed by atoms with Crippen molar-refractivity contribution < 1.29 is 14.7 Å². The number of hydrogen-bond donors (Lipinski definition) is 2. The van der Waals surface area contributed by atoms with Crippen molar-refractivity contribution in [3.05, 3.63) is 63.4 Å². The smallest absolute Gasteiger partial charge is 0.279 e. The summed E-state index contributed by atoms with van der Waals surface area (Å²) in [4.78, 5) is 35.9. The maximum Gasteiger partial charge on any atom is 0.279 e. The predicted octanol–water partition coefficient (Wildman–Crippen LogP) is 3.91. The molecule has 2 heterocycles. The number of likely N-dealkylation sites (N-methyl/N-ethyl adjacent to an activating group) is 1. The molecular weight excluding hydrogens is 486 g/mol. The molecule has 0 aliphatic rings. The summed E-state index contributed by atoms with van der Waals surface area (Å²) in [5.41, 5.74) is 4.48. The lowest BCUT2D eigenvalue weighted by Gasteiger charge is -2.19. The molecule has 0 spiro atoms. The van der Waals surface area contributed by atoms with Crippen LogP contribution in [0.25, 0.3) is 11.3 Å². The summed E-state index contributed by atoms with van der Waals surface area (Å²) in [5.74, 6) is 0.196. The zero-order valence-corrected chi connectivity index (χ0v) is 23.4. The zero-order valence-electron chi connectivity index (χ0n) is 22.5.